The molecule has 0 bridgehead atoms. The average Bonchev–Trinajstić information content (AvgIpc) is 3.24. The number of nitrogens with two attached hydrogens (primary N) is 1. The predicted octanol–water partition coefficient (Wildman–Crippen LogP) is 3.76. The Balaban J connectivity index is 1.44. The summed E-state index contributed by atoms with van der Waals surface area (Å²) in [6.07, 6.45) is 4.22. The van der Waals surface area contributed by atoms with Gasteiger partial charge in [-0.25, -0.2) is 4.79 Å². The number of rotatable bonds is 12. The van der Waals surface area contributed by atoms with Gasteiger partial charge in [-0.2, -0.15) is 4.37 Å². The number of primary amides is 1. The Bertz CT molecular complexity index is 1020. The second kappa shape index (κ2) is 13.6. The predicted molar refractivity (Wildman–Crippen MR) is 145 cm³/mol. The largest absolute Gasteiger partial charge is 0.472 e. The molecule has 1 aliphatic heterocycles. The molecule has 10 heteroatoms. The number of ether oxygens (including phenoxy) is 1. The molecule has 2 heterocycles. The van der Waals surface area contributed by atoms with Gasteiger partial charge < -0.3 is 20.7 Å². The van der Waals surface area contributed by atoms with Gasteiger partial charge in [0.05, 0.1) is 0 Å². The molecule has 3 rings (SSSR count). The number of anilines is 1. The number of benzene rings is 1. The van der Waals surface area contributed by atoms with Gasteiger partial charge in [-0.1, -0.05) is 37.1 Å². The lowest BCUT2D eigenvalue weighted by atomic mass is 10.0. The monoisotopic (exact) mass is 516 g/mol. The molecule has 2 aromatic rings. The number of carbonyl (C=O) groups is 2. The van der Waals surface area contributed by atoms with E-state index in [1.807, 2.05) is 26.0 Å². The minimum atomic E-state index is -0.691. The summed E-state index contributed by atoms with van der Waals surface area (Å²) in [6, 6.07) is 6.29. The zero-order valence-electron chi connectivity index (χ0n) is 21.9. The molecule has 1 unspecified atom stereocenters. The number of piperazine rings is 1. The summed E-state index contributed by atoms with van der Waals surface area (Å²) < 4.78 is 10.00. The normalized spacial score (nSPS) is 15.4. The molecule has 0 saturated carbocycles. The first kappa shape index (κ1) is 27.9. The Morgan fingerprint density at radius 1 is 1.19 bits per heavy atom. The van der Waals surface area contributed by atoms with Crippen LogP contribution in [0.15, 0.2) is 18.2 Å². The number of aromatic nitrogens is 1. The maximum atomic E-state index is 12.4. The molecular formula is C26H40N6O3S. The van der Waals surface area contributed by atoms with Crippen LogP contribution in [0, 0.1) is 13.8 Å². The van der Waals surface area contributed by atoms with Gasteiger partial charge in [0.1, 0.15) is 17.2 Å². The van der Waals surface area contributed by atoms with Gasteiger partial charge in [0.25, 0.3) is 5.91 Å². The van der Waals surface area contributed by atoms with Crippen molar-refractivity contribution >= 4 is 28.5 Å². The molecular weight excluding hydrogens is 476 g/mol. The van der Waals surface area contributed by atoms with Crippen LogP contribution in [0.3, 0.4) is 0 Å². The van der Waals surface area contributed by atoms with Crippen molar-refractivity contribution in [3.8, 4) is 5.88 Å². The third-order valence-corrected chi connectivity index (χ3v) is 7.52. The second-order valence-electron chi connectivity index (χ2n) is 9.55. The van der Waals surface area contributed by atoms with Crippen LogP contribution < -0.4 is 21.1 Å². The average molecular weight is 517 g/mol. The first-order valence-corrected chi connectivity index (χ1v) is 13.5. The van der Waals surface area contributed by atoms with Crippen molar-refractivity contribution < 1.29 is 14.3 Å². The highest BCUT2D eigenvalue weighted by Gasteiger charge is 2.23. The van der Waals surface area contributed by atoms with E-state index >= 15 is 0 Å². The number of nitrogens with one attached hydrogen (secondary N) is 2. The molecule has 1 aromatic carbocycles. The van der Waals surface area contributed by atoms with E-state index in [0.717, 1.165) is 74.5 Å². The van der Waals surface area contributed by atoms with E-state index in [0.29, 0.717) is 12.6 Å². The van der Waals surface area contributed by atoms with Gasteiger partial charge in [-0.15, -0.1) is 0 Å². The van der Waals surface area contributed by atoms with E-state index < -0.39 is 5.91 Å². The Morgan fingerprint density at radius 3 is 2.61 bits per heavy atom. The first-order valence-electron chi connectivity index (χ1n) is 12.7. The Hall–Kier alpha value is -2.69. The standard InChI is InChI=1S/C26H40N6O3S/c1-5-21(32-14-12-31(4)13-15-32)8-6-7-11-28-26(34)29-25-22(23(27)33)24(30-36-25)35-17-20-10-9-18(2)16-19(20)3/h9-10,16,21H,5-8,11-15,17H2,1-4H3,(H2,27,33)(H2,28,29,34). The molecule has 1 fully saturated rings. The third-order valence-electron chi connectivity index (χ3n) is 6.77. The fourth-order valence-corrected chi connectivity index (χ4v) is 5.25. The first-order chi connectivity index (χ1) is 17.3. The van der Waals surface area contributed by atoms with Crippen LogP contribution in [-0.2, 0) is 6.61 Å². The number of hydrogen-bond donors (Lipinski definition) is 3. The summed E-state index contributed by atoms with van der Waals surface area (Å²) in [5.74, 6) is -0.554. The summed E-state index contributed by atoms with van der Waals surface area (Å²) in [7, 11) is 2.17. The maximum absolute atomic E-state index is 12.4. The van der Waals surface area contributed by atoms with Gasteiger partial charge in [-0.05, 0) is 62.8 Å². The van der Waals surface area contributed by atoms with Gasteiger partial charge in [0, 0.05) is 38.8 Å². The Morgan fingerprint density at radius 2 is 1.94 bits per heavy atom. The van der Waals surface area contributed by atoms with Crippen molar-refractivity contribution in [1.82, 2.24) is 19.5 Å². The molecule has 1 atom stereocenters. The lowest BCUT2D eigenvalue weighted by molar-refractivity contribution is 0.0996. The number of unbranched alkanes of at least 4 members (excludes halogenated alkanes) is 1. The molecule has 0 aliphatic carbocycles. The number of aryl methyl sites for hydroxylation is 2. The van der Waals surface area contributed by atoms with Crippen LogP contribution in [0.5, 0.6) is 5.88 Å². The molecule has 0 radical (unpaired) electrons. The summed E-state index contributed by atoms with van der Waals surface area (Å²) >= 11 is 0.984. The number of carbonyl (C=O) groups excluding carboxylic acids is 2. The van der Waals surface area contributed by atoms with E-state index in [1.54, 1.807) is 0 Å². The minimum Gasteiger partial charge on any atom is -0.472 e. The SMILES string of the molecule is CCC(CCCCNC(=O)Nc1snc(OCc2ccc(C)cc2C)c1C(N)=O)N1CCN(C)CC1. The number of hydrogen-bond acceptors (Lipinski definition) is 7. The molecule has 1 saturated heterocycles. The van der Waals surface area contributed by atoms with E-state index in [4.69, 9.17) is 10.5 Å². The molecule has 3 amide bonds. The molecule has 198 valence electrons. The lowest BCUT2D eigenvalue weighted by Gasteiger charge is -2.37. The number of likely N-dealkylation sites (N-methyl/N-ethyl adjacent to an activating group) is 1. The number of urea groups is 1. The molecule has 4 N–H and O–H groups in total. The fraction of sp³-hybridized carbons (Fsp3) is 0.577. The molecule has 1 aromatic heterocycles. The van der Waals surface area contributed by atoms with Crippen molar-refractivity contribution in [2.24, 2.45) is 5.73 Å². The Labute approximate surface area is 218 Å². The molecule has 9 nitrogen and oxygen atoms in total. The van der Waals surface area contributed by atoms with Gasteiger partial charge in [0.2, 0.25) is 5.88 Å². The van der Waals surface area contributed by atoms with Gasteiger partial charge in [0.15, 0.2) is 0 Å². The van der Waals surface area contributed by atoms with E-state index in [9.17, 15) is 9.59 Å². The van der Waals surface area contributed by atoms with Crippen LogP contribution >= 0.6 is 11.5 Å². The zero-order valence-corrected chi connectivity index (χ0v) is 22.7. The van der Waals surface area contributed by atoms with E-state index in [1.165, 1.54) is 5.56 Å². The Kier molecular flexibility index (Phi) is 10.5. The van der Waals surface area contributed by atoms with E-state index in [-0.39, 0.29) is 29.1 Å². The summed E-state index contributed by atoms with van der Waals surface area (Å²) in [5, 5.41) is 5.87. The van der Waals surface area contributed by atoms with Crippen LogP contribution in [0.4, 0.5) is 9.80 Å². The summed E-state index contributed by atoms with van der Waals surface area (Å²) in [5.41, 5.74) is 8.93. The van der Waals surface area contributed by atoms with Crippen molar-refractivity contribution in [1.29, 1.82) is 0 Å². The molecule has 36 heavy (non-hydrogen) atoms. The lowest BCUT2D eigenvalue weighted by Crippen LogP contribution is -2.48. The quantitative estimate of drug-likeness (QED) is 0.370. The smallest absolute Gasteiger partial charge is 0.319 e. The second-order valence-corrected chi connectivity index (χ2v) is 10.3. The maximum Gasteiger partial charge on any atom is 0.319 e. The van der Waals surface area contributed by atoms with Crippen LogP contribution in [0.25, 0.3) is 0 Å². The third kappa shape index (κ3) is 7.91. The molecule has 1 aliphatic rings. The van der Waals surface area contributed by atoms with Gasteiger partial charge >= 0.3 is 6.03 Å². The number of nitrogens with zero attached hydrogens (tertiary/aromatic N) is 3. The van der Waals surface area contributed by atoms with E-state index in [2.05, 4.69) is 44.8 Å². The topological polar surface area (TPSA) is 113 Å². The highest BCUT2D eigenvalue weighted by atomic mass is 32.1. The van der Waals surface area contributed by atoms with Gasteiger partial charge in [-0.3, -0.25) is 15.0 Å². The van der Waals surface area contributed by atoms with Crippen molar-refractivity contribution in [2.75, 3.05) is 45.1 Å². The highest BCUT2D eigenvalue weighted by Crippen LogP contribution is 2.31. The van der Waals surface area contributed by atoms with Crippen molar-refractivity contribution in [3.63, 3.8) is 0 Å². The summed E-state index contributed by atoms with van der Waals surface area (Å²) in [4.78, 5) is 29.5. The summed E-state index contributed by atoms with van der Waals surface area (Å²) in [6.45, 7) is 11.6. The van der Waals surface area contributed by atoms with Crippen molar-refractivity contribution in [2.45, 2.75) is 59.1 Å². The zero-order chi connectivity index (χ0) is 26.1. The van der Waals surface area contributed by atoms with Crippen LogP contribution in [-0.4, -0.2) is 71.9 Å². The molecule has 0 spiro atoms. The minimum absolute atomic E-state index is 0.0953. The fourth-order valence-electron chi connectivity index (χ4n) is 4.52. The van der Waals surface area contributed by atoms with Crippen molar-refractivity contribution in [3.05, 3.63) is 40.5 Å². The number of amides is 3. The van der Waals surface area contributed by atoms with Crippen LogP contribution in [0.1, 0.15) is 59.7 Å². The van der Waals surface area contributed by atoms with Crippen LogP contribution in [0.2, 0.25) is 0 Å². The highest BCUT2D eigenvalue weighted by molar-refractivity contribution is 7.11.